The van der Waals surface area contributed by atoms with Gasteiger partial charge in [0.25, 0.3) is 0 Å². The van der Waals surface area contributed by atoms with Crippen LogP contribution in [0, 0.1) is 6.92 Å². The summed E-state index contributed by atoms with van der Waals surface area (Å²) in [5.41, 5.74) is 1.70. The highest BCUT2D eigenvalue weighted by Crippen LogP contribution is 2.26. The van der Waals surface area contributed by atoms with Gasteiger partial charge in [-0.25, -0.2) is 14.2 Å². The van der Waals surface area contributed by atoms with Gasteiger partial charge >= 0.3 is 11.4 Å². The Kier molecular flexibility index (Phi) is 7.70. The molecule has 1 heterocycles. The van der Waals surface area contributed by atoms with Crippen LogP contribution in [0.4, 0.5) is 11.6 Å². The summed E-state index contributed by atoms with van der Waals surface area (Å²) >= 11 is 0. The molecular formula is C27H32N4O4. The van der Waals surface area contributed by atoms with Crippen LogP contribution in [0.25, 0.3) is 0 Å². The summed E-state index contributed by atoms with van der Waals surface area (Å²) in [4.78, 5) is 30.4. The molecule has 3 aromatic rings. The van der Waals surface area contributed by atoms with Crippen molar-refractivity contribution in [3.05, 3.63) is 93.0 Å². The van der Waals surface area contributed by atoms with E-state index in [-0.39, 0.29) is 19.0 Å². The lowest BCUT2D eigenvalue weighted by Crippen LogP contribution is -2.42. The first-order chi connectivity index (χ1) is 16.9. The minimum Gasteiger partial charge on any atom is -0.499 e. The highest BCUT2D eigenvalue weighted by molar-refractivity contribution is 5.54. The van der Waals surface area contributed by atoms with Crippen LogP contribution in [0.5, 0.6) is 5.75 Å². The van der Waals surface area contributed by atoms with Gasteiger partial charge in [-0.3, -0.25) is 4.57 Å². The first kappa shape index (κ1) is 24.3. The third-order valence-corrected chi connectivity index (χ3v) is 6.04. The second-order valence-electron chi connectivity index (χ2n) is 8.77. The molecule has 35 heavy (non-hydrogen) atoms. The van der Waals surface area contributed by atoms with Gasteiger partial charge in [-0.05, 0) is 62.9 Å². The molecule has 8 nitrogen and oxygen atoms in total. The Morgan fingerprint density at radius 2 is 1.80 bits per heavy atom. The van der Waals surface area contributed by atoms with Crippen LogP contribution in [0.15, 0.2) is 70.5 Å². The van der Waals surface area contributed by atoms with E-state index in [2.05, 4.69) is 16.9 Å². The summed E-state index contributed by atoms with van der Waals surface area (Å²) in [6, 6.07) is 15.4. The van der Waals surface area contributed by atoms with Crippen molar-refractivity contribution < 1.29 is 9.47 Å². The largest absolute Gasteiger partial charge is 0.499 e. The van der Waals surface area contributed by atoms with Crippen molar-refractivity contribution >= 4 is 11.6 Å². The summed E-state index contributed by atoms with van der Waals surface area (Å²) < 4.78 is 13.9. The fourth-order valence-electron chi connectivity index (χ4n) is 3.77. The topological polar surface area (TPSA) is 87.4 Å². The number of allylic oxidation sites excluding steroid dienone is 1. The molecule has 1 aliphatic carbocycles. The molecule has 1 aliphatic rings. The standard InChI is InChI=1S/C27H32N4O4/c1-4-34-20(3)16-17-30-26(32)29-25(31(27(30)33)18-21-10-8-19(2)9-11-21)28-22-12-14-24(15-13-22)35-23-6-5-7-23/h8-15,23H,3-7,16-18H2,1-2H3,(H,28,29,32). The number of rotatable bonds is 11. The van der Waals surface area contributed by atoms with Gasteiger partial charge in [0.15, 0.2) is 0 Å². The molecule has 2 aromatic carbocycles. The molecular weight excluding hydrogens is 444 g/mol. The lowest BCUT2D eigenvalue weighted by atomic mass is 9.96. The summed E-state index contributed by atoms with van der Waals surface area (Å²) in [5, 5.41) is 3.15. The average molecular weight is 477 g/mol. The molecule has 1 fully saturated rings. The maximum Gasteiger partial charge on any atom is 0.354 e. The quantitative estimate of drug-likeness (QED) is 0.414. The summed E-state index contributed by atoms with van der Waals surface area (Å²) in [6.45, 7) is 8.60. The number of hydrogen-bond donors (Lipinski definition) is 1. The molecule has 184 valence electrons. The molecule has 0 radical (unpaired) electrons. The number of aryl methyl sites for hydroxylation is 1. The van der Waals surface area contributed by atoms with Gasteiger partial charge in [0.05, 0.1) is 25.0 Å². The lowest BCUT2D eigenvalue weighted by molar-refractivity contribution is 0.120. The van der Waals surface area contributed by atoms with E-state index < -0.39 is 11.4 Å². The fourth-order valence-corrected chi connectivity index (χ4v) is 3.77. The van der Waals surface area contributed by atoms with E-state index in [1.165, 1.54) is 11.0 Å². The van der Waals surface area contributed by atoms with Gasteiger partial charge in [0.2, 0.25) is 5.95 Å². The van der Waals surface area contributed by atoms with Crippen LogP contribution in [0.3, 0.4) is 0 Å². The van der Waals surface area contributed by atoms with Crippen molar-refractivity contribution in [3.63, 3.8) is 0 Å². The van der Waals surface area contributed by atoms with Gasteiger partial charge in [0, 0.05) is 18.7 Å². The van der Waals surface area contributed by atoms with Crippen molar-refractivity contribution in [2.75, 3.05) is 11.9 Å². The molecule has 0 unspecified atom stereocenters. The number of anilines is 2. The molecule has 1 aromatic heterocycles. The summed E-state index contributed by atoms with van der Waals surface area (Å²) in [6.07, 6.45) is 4.03. The average Bonchev–Trinajstić information content (AvgIpc) is 2.81. The SMILES string of the molecule is C=C(CCn1c(=O)nc(Nc2ccc(OC3CCC3)cc2)n(Cc2ccc(C)cc2)c1=O)OCC. The van der Waals surface area contributed by atoms with E-state index in [4.69, 9.17) is 9.47 Å². The van der Waals surface area contributed by atoms with Crippen LogP contribution < -0.4 is 21.4 Å². The predicted molar refractivity (Wildman–Crippen MR) is 136 cm³/mol. The monoisotopic (exact) mass is 476 g/mol. The molecule has 1 N–H and O–H groups in total. The number of aromatic nitrogens is 3. The zero-order chi connectivity index (χ0) is 24.8. The molecule has 0 aliphatic heterocycles. The van der Waals surface area contributed by atoms with E-state index in [0.717, 1.165) is 34.3 Å². The van der Waals surface area contributed by atoms with Gasteiger partial charge in [-0.15, -0.1) is 0 Å². The Morgan fingerprint density at radius 1 is 1.09 bits per heavy atom. The molecule has 0 saturated heterocycles. The Balaban J connectivity index is 1.62. The van der Waals surface area contributed by atoms with Crippen molar-refractivity contribution in [1.29, 1.82) is 0 Å². The highest BCUT2D eigenvalue weighted by atomic mass is 16.5. The third kappa shape index (κ3) is 6.20. The summed E-state index contributed by atoms with van der Waals surface area (Å²) in [7, 11) is 0. The van der Waals surface area contributed by atoms with E-state index in [0.29, 0.717) is 30.6 Å². The van der Waals surface area contributed by atoms with Crippen LogP contribution in [-0.4, -0.2) is 26.8 Å². The zero-order valence-electron chi connectivity index (χ0n) is 20.3. The predicted octanol–water partition coefficient (Wildman–Crippen LogP) is 4.38. The first-order valence-corrected chi connectivity index (χ1v) is 12.0. The zero-order valence-corrected chi connectivity index (χ0v) is 20.3. The van der Waals surface area contributed by atoms with E-state index in [1.54, 1.807) is 0 Å². The number of hydrogen-bond acceptors (Lipinski definition) is 6. The van der Waals surface area contributed by atoms with Gasteiger partial charge in [-0.2, -0.15) is 4.98 Å². The molecule has 1 saturated carbocycles. The Labute approximate surface area is 204 Å². The smallest absolute Gasteiger partial charge is 0.354 e. The minimum absolute atomic E-state index is 0.144. The first-order valence-electron chi connectivity index (χ1n) is 12.0. The second kappa shape index (κ2) is 11.1. The van der Waals surface area contributed by atoms with Gasteiger partial charge in [-0.1, -0.05) is 36.4 Å². The number of ether oxygens (including phenoxy) is 2. The Hall–Kier alpha value is -3.81. The van der Waals surface area contributed by atoms with Crippen molar-refractivity contribution in [3.8, 4) is 5.75 Å². The minimum atomic E-state index is -0.619. The van der Waals surface area contributed by atoms with Crippen LogP contribution >= 0.6 is 0 Å². The molecule has 0 amide bonds. The van der Waals surface area contributed by atoms with E-state index in [1.807, 2.05) is 62.4 Å². The number of nitrogens with zero attached hydrogens (tertiary/aromatic N) is 3. The van der Waals surface area contributed by atoms with Crippen LogP contribution in [0.2, 0.25) is 0 Å². The maximum atomic E-state index is 13.4. The Morgan fingerprint density at radius 3 is 2.43 bits per heavy atom. The van der Waals surface area contributed by atoms with Crippen molar-refractivity contribution in [2.45, 2.75) is 58.7 Å². The van der Waals surface area contributed by atoms with Gasteiger partial charge < -0.3 is 14.8 Å². The van der Waals surface area contributed by atoms with Crippen molar-refractivity contribution in [2.24, 2.45) is 0 Å². The molecule has 8 heteroatoms. The number of benzene rings is 2. The van der Waals surface area contributed by atoms with Crippen LogP contribution in [0.1, 0.15) is 43.7 Å². The molecule has 0 spiro atoms. The Bertz CT molecular complexity index is 1270. The maximum absolute atomic E-state index is 13.4. The lowest BCUT2D eigenvalue weighted by Gasteiger charge is -2.26. The molecule has 4 rings (SSSR count). The van der Waals surface area contributed by atoms with Gasteiger partial charge in [0.1, 0.15) is 5.75 Å². The van der Waals surface area contributed by atoms with E-state index in [9.17, 15) is 9.59 Å². The van der Waals surface area contributed by atoms with Crippen LogP contribution in [-0.2, 0) is 17.8 Å². The molecule has 0 atom stereocenters. The molecule has 0 bridgehead atoms. The van der Waals surface area contributed by atoms with Crippen molar-refractivity contribution in [1.82, 2.24) is 14.1 Å². The fraction of sp³-hybridized carbons (Fsp3) is 0.370. The normalized spacial score (nSPS) is 13.2. The highest BCUT2D eigenvalue weighted by Gasteiger charge is 2.19. The number of nitrogens with one attached hydrogen (secondary N) is 1. The second-order valence-corrected chi connectivity index (χ2v) is 8.77. The van der Waals surface area contributed by atoms with E-state index >= 15 is 0 Å². The third-order valence-electron chi connectivity index (χ3n) is 6.04. The summed E-state index contributed by atoms with van der Waals surface area (Å²) in [5.74, 6) is 1.51.